The molecule has 3 aromatic rings. The van der Waals surface area contributed by atoms with Crippen molar-refractivity contribution in [1.29, 1.82) is 0 Å². The first-order valence-electron chi connectivity index (χ1n) is 9.00. The standard InChI is InChI=1S/C20H18FN3O3S2/c21-16-8-6-15(7-9-16)20-23-19(13-28-20)29(26,27)24-11-10-22-18(25)12-17(24)14-4-2-1-3-5-14/h1-9,13,17H,10-12H2,(H,22,25)/t17-/m1/s1. The summed E-state index contributed by atoms with van der Waals surface area (Å²) in [5.74, 6) is -0.563. The molecular weight excluding hydrogens is 413 g/mol. The van der Waals surface area contributed by atoms with Gasteiger partial charge in [0, 0.05) is 30.5 Å². The Hall–Kier alpha value is -2.62. The van der Waals surface area contributed by atoms with E-state index in [1.807, 2.05) is 30.3 Å². The van der Waals surface area contributed by atoms with Gasteiger partial charge in [0.05, 0.1) is 6.04 Å². The highest BCUT2D eigenvalue weighted by Gasteiger charge is 2.36. The van der Waals surface area contributed by atoms with Crippen molar-refractivity contribution in [3.8, 4) is 10.6 Å². The molecule has 1 N–H and O–H groups in total. The minimum atomic E-state index is -3.94. The number of thiazole rings is 1. The molecule has 0 aliphatic carbocycles. The van der Waals surface area contributed by atoms with Crippen molar-refractivity contribution in [2.75, 3.05) is 13.1 Å². The quantitative estimate of drug-likeness (QED) is 0.688. The van der Waals surface area contributed by atoms with E-state index in [-0.39, 0.29) is 36.3 Å². The highest BCUT2D eigenvalue weighted by Crippen LogP contribution is 2.33. The smallest absolute Gasteiger partial charge is 0.262 e. The summed E-state index contributed by atoms with van der Waals surface area (Å²) in [5, 5.41) is 4.64. The van der Waals surface area contributed by atoms with Crippen molar-refractivity contribution in [3.63, 3.8) is 0 Å². The van der Waals surface area contributed by atoms with Crippen molar-refractivity contribution < 1.29 is 17.6 Å². The first-order chi connectivity index (χ1) is 13.9. The van der Waals surface area contributed by atoms with Crippen LogP contribution in [-0.4, -0.2) is 36.7 Å². The van der Waals surface area contributed by atoms with E-state index in [1.165, 1.54) is 33.2 Å². The molecule has 0 spiro atoms. The summed E-state index contributed by atoms with van der Waals surface area (Å²) in [5.41, 5.74) is 1.40. The van der Waals surface area contributed by atoms with E-state index in [0.29, 0.717) is 10.6 Å². The number of rotatable bonds is 4. The van der Waals surface area contributed by atoms with Crippen LogP contribution in [0.15, 0.2) is 65.0 Å². The van der Waals surface area contributed by atoms with Gasteiger partial charge in [0.25, 0.3) is 10.0 Å². The van der Waals surface area contributed by atoms with Crippen LogP contribution in [-0.2, 0) is 14.8 Å². The van der Waals surface area contributed by atoms with Gasteiger partial charge in [-0.05, 0) is 29.8 Å². The topological polar surface area (TPSA) is 79.4 Å². The van der Waals surface area contributed by atoms with Crippen LogP contribution in [0.1, 0.15) is 18.0 Å². The fourth-order valence-electron chi connectivity index (χ4n) is 3.28. The van der Waals surface area contributed by atoms with Gasteiger partial charge >= 0.3 is 0 Å². The van der Waals surface area contributed by atoms with Crippen LogP contribution in [0.3, 0.4) is 0 Å². The lowest BCUT2D eigenvalue weighted by Crippen LogP contribution is -2.36. The van der Waals surface area contributed by atoms with Gasteiger partial charge in [-0.25, -0.2) is 17.8 Å². The van der Waals surface area contributed by atoms with Gasteiger partial charge in [-0.2, -0.15) is 4.31 Å². The van der Waals surface area contributed by atoms with E-state index in [9.17, 15) is 17.6 Å². The summed E-state index contributed by atoms with van der Waals surface area (Å²) in [7, 11) is -3.94. The van der Waals surface area contributed by atoms with E-state index in [0.717, 1.165) is 5.56 Å². The second-order valence-corrected chi connectivity index (χ2v) is 9.29. The number of hydrogen-bond acceptors (Lipinski definition) is 5. The number of amides is 1. The zero-order chi connectivity index (χ0) is 20.4. The van der Waals surface area contributed by atoms with Gasteiger partial charge in [-0.3, -0.25) is 4.79 Å². The van der Waals surface area contributed by atoms with Crippen LogP contribution < -0.4 is 5.32 Å². The third-order valence-corrected chi connectivity index (χ3v) is 7.55. The van der Waals surface area contributed by atoms with Gasteiger partial charge in [-0.1, -0.05) is 30.3 Å². The lowest BCUT2D eigenvalue weighted by atomic mass is 10.0. The molecule has 6 nitrogen and oxygen atoms in total. The summed E-state index contributed by atoms with van der Waals surface area (Å²) in [6, 6.07) is 14.2. The van der Waals surface area contributed by atoms with Crippen LogP contribution in [0, 0.1) is 5.82 Å². The van der Waals surface area contributed by atoms with Gasteiger partial charge in [0.15, 0.2) is 5.03 Å². The zero-order valence-corrected chi connectivity index (χ0v) is 16.9. The predicted octanol–water partition coefficient (Wildman–Crippen LogP) is 3.20. The number of sulfonamides is 1. The first kappa shape index (κ1) is 19.7. The molecule has 1 fully saturated rings. The molecule has 1 aliphatic rings. The van der Waals surface area contributed by atoms with Crippen molar-refractivity contribution in [1.82, 2.24) is 14.6 Å². The van der Waals surface area contributed by atoms with E-state index in [1.54, 1.807) is 12.1 Å². The van der Waals surface area contributed by atoms with Crippen molar-refractivity contribution in [2.24, 2.45) is 0 Å². The summed E-state index contributed by atoms with van der Waals surface area (Å²) < 4.78 is 41.3. The van der Waals surface area contributed by atoms with Gasteiger partial charge < -0.3 is 5.32 Å². The Morgan fingerprint density at radius 1 is 1.10 bits per heavy atom. The molecule has 150 valence electrons. The third-order valence-electron chi connectivity index (χ3n) is 4.71. The highest BCUT2D eigenvalue weighted by molar-refractivity contribution is 7.89. The number of benzene rings is 2. The molecule has 0 unspecified atom stereocenters. The molecule has 0 saturated carbocycles. The molecule has 1 aromatic heterocycles. The molecule has 1 aliphatic heterocycles. The molecule has 9 heteroatoms. The molecule has 1 saturated heterocycles. The molecule has 0 radical (unpaired) electrons. The number of hydrogen-bond donors (Lipinski definition) is 1. The van der Waals surface area contributed by atoms with Crippen LogP contribution >= 0.6 is 11.3 Å². The van der Waals surface area contributed by atoms with Crippen molar-refractivity contribution in [3.05, 3.63) is 71.4 Å². The Morgan fingerprint density at radius 2 is 1.83 bits per heavy atom. The van der Waals surface area contributed by atoms with E-state index in [4.69, 9.17) is 0 Å². The summed E-state index contributed by atoms with van der Waals surface area (Å²) in [6.07, 6.45) is 0.0399. The predicted molar refractivity (Wildman–Crippen MR) is 108 cm³/mol. The molecule has 2 heterocycles. The summed E-state index contributed by atoms with van der Waals surface area (Å²) >= 11 is 1.18. The van der Waals surface area contributed by atoms with Gasteiger partial charge in [0.2, 0.25) is 5.91 Å². The molecule has 4 rings (SSSR count). The Balaban J connectivity index is 1.71. The maximum absolute atomic E-state index is 13.4. The Kier molecular flexibility index (Phi) is 5.44. The van der Waals surface area contributed by atoms with Crippen LogP contribution in [0.4, 0.5) is 4.39 Å². The monoisotopic (exact) mass is 431 g/mol. The Morgan fingerprint density at radius 3 is 2.55 bits per heavy atom. The van der Waals surface area contributed by atoms with Gasteiger partial charge in [0.1, 0.15) is 10.8 Å². The van der Waals surface area contributed by atoms with E-state index >= 15 is 0 Å². The largest absolute Gasteiger partial charge is 0.355 e. The van der Waals surface area contributed by atoms with Crippen LogP contribution in [0.2, 0.25) is 0 Å². The van der Waals surface area contributed by atoms with Gasteiger partial charge in [-0.15, -0.1) is 11.3 Å². The van der Waals surface area contributed by atoms with E-state index < -0.39 is 16.1 Å². The minimum absolute atomic E-state index is 0.0399. The Labute approximate surface area is 172 Å². The molecule has 0 bridgehead atoms. The molecule has 1 atom stereocenters. The molecule has 1 amide bonds. The van der Waals surface area contributed by atoms with Crippen molar-refractivity contribution >= 4 is 27.3 Å². The maximum Gasteiger partial charge on any atom is 0.262 e. The number of carbonyl (C=O) groups is 1. The lowest BCUT2D eigenvalue weighted by Gasteiger charge is -2.27. The van der Waals surface area contributed by atoms with Crippen LogP contribution in [0.5, 0.6) is 0 Å². The number of aromatic nitrogens is 1. The fourth-order valence-corrected chi connectivity index (χ4v) is 5.97. The Bertz CT molecular complexity index is 1120. The van der Waals surface area contributed by atoms with E-state index in [2.05, 4.69) is 10.3 Å². The summed E-state index contributed by atoms with van der Waals surface area (Å²) in [4.78, 5) is 16.4. The molecule has 2 aromatic carbocycles. The average Bonchev–Trinajstić information content (AvgIpc) is 3.13. The average molecular weight is 432 g/mol. The number of halogens is 1. The summed E-state index contributed by atoms with van der Waals surface area (Å²) in [6.45, 7) is 0.382. The minimum Gasteiger partial charge on any atom is -0.355 e. The number of nitrogens with zero attached hydrogens (tertiary/aromatic N) is 2. The zero-order valence-electron chi connectivity index (χ0n) is 15.3. The van der Waals surface area contributed by atoms with Crippen LogP contribution in [0.25, 0.3) is 10.6 Å². The van der Waals surface area contributed by atoms with Crippen molar-refractivity contribution in [2.45, 2.75) is 17.5 Å². The molecule has 29 heavy (non-hydrogen) atoms. The second-order valence-electron chi connectivity index (χ2n) is 6.59. The lowest BCUT2D eigenvalue weighted by molar-refractivity contribution is -0.121. The fraction of sp³-hybridized carbons (Fsp3) is 0.200. The molecular formula is C20H18FN3O3S2. The normalized spacial score (nSPS) is 18.2. The maximum atomic E-state index is 13.4. The highest BCUT2D eigenvalue weighted by atomic mass is 32.2. The number of nitrogens with one attached hydrogen (secondary N) is 1. The second kappa shape index (κ2) is 8.02. The number of carbonyl (C=O) groups excluding carboxylic acids is 1. The first-order valence-corrected chi connectivity index (χ1v) is 11.3. The third kappa shape index (κ3) is 4.07. The SMILES string of the molecule is O=C1C[C@H](c2ccccc2)N(S(=O)(=O)c2csc(-c3ccc(F)cc3)n2)CCN1.